The summed E-state index contributed by atoms with van der Waals surface area (Å²) < 4.78 is 18.6. The number of pyridine rings is 2. The second kappa shape index (κ2) is 5.12. The lowest BCUT2D eigenvalue weighted by molar-refractivity contribution is 0.0599. The van der Waals surface area contributed by atoms with E-state index in [9.17, 15) is 9.18 Å². The molecule has 1 N–H and O–H groups in total. The Kier molecular flexibility index (Phi) is 3.29. The largest absolute Gasteiger partial charge is 0.465 e. The molecule has 1 fully saturated rings. The van der Waals surface area contributed by atoms with Gasteiger partial charge in [0.1, 0.15) is 0 Å². The van der Waals surface area contributed by atoms with Crippen molar-refractivity contribution in [1.82, 2.24) is 9.97 Å². The van der Waals surface area contributed by atoms with E-state index in [-0.39, 0.29) is 16.9 Å². The van der Waals surface area contributed by atoms with Gasteiger partial charge in [0.15, 0.2) is 11.6 Å². The fourth-order valence-electron chi connectivity index (χ4n) is 2.24. The molecule has 0 amide bonds. The molecule has 2 aromatic heterocycles. The lowest BCUT2D eigenvalue weighted by Gasteiger charge is -2.18. The number of methoxy groups -OCH3 is 1. The van der Waals surface area contributed by atoms with E-state index in [2.05, 4.69) is 20.0 Å². The molecule has 1 aliphatic rings. The quantitative estimate of drug-likeness (QED) is 0.875. The Labute approximate surface area is 121 Å². The molecule has 0 aliphatic heterocycles. The predicted molar refractivity (Wildman–Crippen MR) is 74.3 cm³/mol. The Morgan fingerprint density at radius 2 is 2.24 bits per heavy atom. The molecule has 0 saturated heterocycles. The fourth-order valence-corrected chi connectivity index (χ4v) is 2.24. The Balaban J connectivity index is 1.84. The molecule has 21 heavy (non-hydrogen) atoms. The van der Waals surface area contributed by atoms with E-state index in [1.165, 1.54) is 13.3 Å². The zero-order valence-electron chi connectivity index (χ0n) is 11.5. The number of ether oxygens (including phenoxy) is 1. The van der Waals surface area contributed by atoms with Gasteiger partial charge in [0.2, 0.25) is 0 Å². The maximum atomic E-state index is 14.1. The van der Waals surface area contributed by atoms with Crippen molar-refractivity contribution in [3.63, 3.8) is 0 Å². The summed E-state index contributed by atoms with van der Waals surface area (Å²) in [4.78, 5) is 19.4. The average molecular weight is 287 g/mol. The third-order valence-corrected chi connectivity index (χ3v) is 3.58. The van der Waals surface area contributed by atoms with Crippen LogP contribution in [-0.4, -0.2) is 23.0 Å². The Morgan fingerprint density at radius 1 is 1.43 bits per heavy atom. The van der Waals surface area contributed by atoms with Gasteiger partial charge in [0, 0.05) is 18.6 Å². The van der Waals surface area contributed by atoms with E-state index in [1.807, 2.05) is 12.1 Å². The van der Waals surface area contributed by atoms with E-state index in [1.54, 1.807) is 12.4 Å². The highest BCUT2D eigenvalue weighted by atomic mass is 19.1. The molecule has 1 aliphatic carbocycles. The van der Waals surface area contributed by atoms with Gasteiger partial charge in [-0.05, 0) is 30.5 Å². The number of aromatic nitrogens is 2. The monoisotopic (exact) mass is 287 g/mol. The SMILES string of the molecule is COC(=O)c1cnc(NC2(c3cccnc3)CC2)c(F)c1. The van der Waals surface area contributed by atoms with Gasteiger partial charge >= 0.3 is 5.97 Å². The molecule has 0 atom stereocenters. The number of rotatable bonds is 4. The molecule has 0 bridgehead atoms. The molecule has 2 aromatic rings. The summed E-state index contributed by atoms with van der Waals surface area (Å²) in [5, 5.41) is 3.12. The first-order valence-corrected chi connectivity index (χ1v) is 6.57. The van der Waals surface area contributed by atoms with Crippen molar-refractivity contribution in [2.75, 3.05) is 12.4 Å². The predicted octanol–water partition coefficient (Wildman–Crippen LogP) is 2.50. The number of carbonyl (C=O) groups is 1. The molecule has 2 heterocycles. The Hall–Kier alpha value is -2.50. The van der Waals surface area contributed by atoms with Crippen molar-refractivity contribution in [3.05, 3.63) is 53.7 Å². The zero-order chi connectivity index (χ0) is 14.9. The highest BCUT2D eigenvalue weighted by Gasteiger charge is 2.45. The fraction of sp³-hybridized carbons (Fsp3) is 0.267. The number of halogens is 1. The number of nitrogens with zero attached hydrogens (tertiary/aromatic N) is 2. The van der Waals surface area contributed by atoms with Crippen molar-refractivity contribution in [2.45, 2.75) is 18.4 Å². The Bertz CT molecular complexity index is 672. The molecule has 0 spiro atoms. The molecule has 0 radical (unpaired) electrons. The zero-order valence-corrected chi connectivity index (χ0v) is 11.5. The second-order valence-corrected chi connectivity index (χ2v) is 4.99. The molecule has 0 aromatic carbocycles. The first-order valence-electron chi connectivity index (χ1n) is 6.57. The van der Waals surface area contributed by atoms with Crippen LogP contribution in [0.15, 0.2) is 36.8 Å². The van der Waals surface area contributed by atoms with Crippen LogP contribution in [0.25, 0.3) is 0 Å². The van der Waals surface area contributed by atoms with Crippen LogP contribution in [0.3, 0.4) is 0 Å². The number of nitrogens with one attached hydrogen (secondary N) is 1. The van der Waals surface area contributed by atoms with Crippen molar-refractivity contribution in [2.24, 2.45) is 0 Å². The summed E-state index contributed by atoms with van der Waals surface area (Å²) in [7, 11) is 1.24. The Morgan fingerprint density at radius 3 is 2.81 bits per heavy atom. The first kappa shape index (κ1) is 13.5. The molecule has 1 saturated carbocycles. The lowest BCUT2D eigenvalue weighted by atomic mass is 10.1. The summed E-state index contributed by atoms with van der Waals surface area (Å²) in [5.41, 5.74) is 0.782. The van der Waals surface area contributed by atoms with Crippen LogP contribution in [0.5, 0.6) is 0 Å². The summed E-state index contributed by atoms with van der Waals surface area (Å²) in [6.07, 6.45) is 6.54. The van der Waals surface area contributed by atoms with Crippen molar-refractivity contribution < 1.29 is 13.9 Å². The van der Waals surface area contributed by atoms with Crippen LogP contribution in [0.2, 0.25) is 0 Å². The molecule has 0 unspecified atom stereocenters. The number of carbonyl (C=O) groups excluding carboxylic acids is 1. The van der Waals surface area contributed by atoms with Gasteiger partial charge in [-0.3, -0.25) is 4.98 Å². The van der Waals surface area contributed by atoms with E-state index >= 15 is 0 Å². The summed E-state index contributed by atoms with van der Waals surface area (Å²) >= 11 is 0. The van der Waals surface area contributed by atoms with Crippen LogP contribution >= 0.6 is 0 Å². The third kappa shape index (κ3) is 2.56. The second-order valence-electron chi connectivity index (χ2n) is 4.99. The maximum Gasteiger partial charge on any atom is 0.339 e. The van der Waals surface area contributed by atoms with Gasteiger partial charge in [-0.15, -0.1) is 0 Å². The van der Waals surface area contributed by atoms with E-state index in [0.29, 0.717) is 0 Å². The lowest BCUT2D eigenvalue weighted by Crippen LogP contribution is -2.21. The van der Waals surface area contributed by atoms with Crippen molar-refractivity contribution >= 4 is 11.8 Å². The normalized spacial score (nSPS) is 15.3. The van der Waals surface area contributed by atoms with E-state index in [0.717, 1.165) is 24.5 Å². The summed E-state index contributed by atoms with van der Waals surface area (Å²) in [6.45, 7) is 0. The van der Waals surface area contributed by atoms with Gasteiger partial charge in [-0.1, -0.05) is 6.07 Å². The standard InChI is InChI=1S/C15H14FN3O2/c1-21-14(20)10-7-12(16)13(18-8-10)19-15(4-5-15)11-3-2-6-17-9-11/h2-3,6-9H,4-5H2,1H3,(H,18,19). The molecule has 108 valence electrons. The van der Waals surface area contributed by atoms with Crippen molar-refractivity contribution in [3.8, 4) is 0 Å². The van der Waals surface area contributed by atoms with Crippen LogP contribution < -0.4 is 5.32 Å². The van der Waals surface area contributed by atoms with Gasteiger partial charge in [0.25, 0.3) is 0 Å². The number of anilines is 1. The topological polar surface area (TPSA) is 64.1 Å². The minimum atomic E-state index is -0.610. The molecule has 3 rings (SSSR count). The average Bonchev–Trinajstić information content (AvgIpc) is 3.30. The van der Waals surface area contributed by atoms with E-state index < -0.39 is 11.8 Å². The number of hydrogen-bond acceptors (Lipinski definition) is 5. The summed E-state index contributed by atoms with van der Waals surface area (Å²) in [5.74, 6) is -1.06. The minimum absolute atomic E-state index is 0.0896. The highest BCUT2D eigenvalue weighted by molar-refractivity contribution is 5.89. The molecular weight excluding hydrogens is 273 g/mol. The van der Waals surface area contributed by atoms with Crippen LogP contribution in [-0.2, 0) is 10.3 Å². The first-order chi connectivity index (χ1) is 10.1. The molecular formula is C15H14FN3O2. The minimum Gasteiger partial charge on any atom is -0.465 e. The van der Waals surface area contributed by atoms with Gasteiger partial charge in [-0.2, -0.15) is 0 Å². The van der Waals surface area contributed by atoms with Gasteiger partial charge < -0.3 is 10.1 Å². The smallest absolute Gasteiger partial charge is 0.339 e. The molecule has 5 nitrogen and oxygen atoms in total. The third-order valence-electron chi connectivity index (χ3n) is 3.58. The van der Waals surface area contributed by atoms with Crippen LogP contribution in [0.4, 0.5) is 10.2 Å². The molecule has 6 heteroatoms. The van der Waals surface area contributed by atoms with Crippen molar-refractivity contribution in [1.29, 1.82) is 0 Å². The highest BCUT2D eigenvalue weighted by Crippen LogP contribution is 2.47. The number of esters is 1. The summed E-state index contributed by atoms with van der Waals surface area (Å²) in [6, 6.07) is 4.93. The van der Waals surface area contributed by atoms with Crippen LogP contribution in [0.1, 0.15) is 28.8 Å². The maximum absolute atomic E-state index is 14.1. The van der Waals surface area contributed by atoms with E-state index in [4.69, 9.17) is 0 Å². The van der Waals surface area contributed by atoms with Crippen LogP contribution in [0, 0.1) is 5.82 Å². The van der Waals surface area contributed by atoms with Gasteiger partial charge in [-0.25, -0.2) is 14.2 Å². The van der Waals surface area contributed by atoms with Gasteiger partial charge in [0.05, 0.1) is 18.2 Å². The number of hydrogen-bond donors (Lipinski definition) is 1.